The van der Waals surface area contributed by atoms with Crippen molar-refractivity contribution in [1.82, 2.24) is 19.6 Å². The number of carbonyl (C=O) groups is 1. The van der Waals surface area contributed by atoms with Crippen molar-refractivity contribution in [3.05, 3.63) is 71.8 Å². The van der Waals surface area contributed by atoms with Gasteiger partial charge in [-0.3, -0.25) is 0 Å². The van der Waals surface area contributed by atoms with Crippen LogP contribution in [0.25, 0.3) is 16.9 Å². The summed E-state index contributed by atoms with van der Waals surface area (Å²) in [6.45, 7) is 0. The highest BCUT2D eigenvalue weighted by Crippen LogP contribution is 2.40. The van der Waals surface area contributed by atoms with Crippen molar-refractivity contribution in [2.24, 2.45) is 0 Å². The molecule has 2 N–H and O–H groups in total. The number of fused-ring (bicyclic) bond motifs is 1. The smallest absolute Gasteiger partial charge is 0.337 e. The molecule has 0 unspecified atom stereocenters. The van der Waals surface area contributed by atoms with Gasteiger partial charge in [0.2, 0.25) is 0 Å². The molecule has 0 amide bonds. The number of halogens is 1. The first kappa shape index (κ1) is 17.3. The fourth-order valence-electron chi connectivity index (χ4n) is 3.19. The SMILES string of the molecule is O=C(O)c1ccc(Nc2cc(-c3ccccc3F)nc3cc(C4CC4)nn23)nc1. The van der Waals surface area contributed by atoms with Crippen LogP contribution in [-0.4, -0.2) is 30.7 Å². The number of carboxylic acid groups (broad SMARTS) is 1. The molecular formula is C21H16FN5O2. The molecule has 1 aromatic carbocycles. The molecule has 7 nitrogen and oxygen atoms in total. The van der Waals surface area contributed by atoms with Gasteiger partial charge in [0.1, 0.15) is 17.5 Å². The minimum absolute atomic E-state index is 0.0950. The molecule has 1 aliphatic carbocycles. The first-order valence-electron chi connectivity index (χ1n) is 9.20. The van der Waals surface area contributed by atoms with Gasteiger partial charge in [-0.15, -0.1) is 0 Å². The Morgan fingerprint density at radius 3 is 2.69 bits per heavy atom. The average molecular weight is 389 g/mol. The molecule has 0 atom stereocenters. The summed E-state index contributed by atoms with van der Waals surface area (Å²) in [6.07, 6.45) is 3.48. The van der Waals surface area contributed by atoms with Crippen molar-refractivity contribution in [3.63, 3.8) is 0 Å². The van der Waals surface area contributed by atoms with Crippen molar-refractivity contribution in [2.75, 3.05) is 5.32 Å². The van der Waals surface area contributed by atoms with Crippen molar-refractivity contribution in [3.8, 4) is 11.3 Å². The fraction of sp³-hybridized carbons (Fsp3) is 0.143. The molecule has 144 valence electrons. The lowest BCUT2D eigenvalue weighted by atomic mass is 10.1. The molecule has 0 bridgehead atoms. The lowest BCUT2D eigenvalue weighted by molar-refractivity contribution is 0.0696. The normalized spacial score (nSPS) is 13.6. The molecule has 5 rings (SSSR count). The van der Waals surface area contributed by atoms with E-state index in [0.717, 1.165) is 18.5 Å². The van der Waals surface area contributed by atoms with E-state index < -0.39 is 5.97 Å². The average Bonchev–Trinajstić information content (AvgIpc) is 3.48. The number of pyridine rings is 1. The number of aromatic carboxylic acids is 1. The number of aromatic nitrogens is 4. The summed E-state index contributed by atoms with van der Waals surface area (Å²) in [4.78, 5) is 19.8. The minimum atomic E-state index is -1.04. The van der Waals surface area contributed by atoms with Crippen molar-refractivity contribution < 1.29 is 14.3 Å². The van der Waals surface area contributed by atoms with E-state index in [2.05, 4.69) is 20.4 Å². The van der Waals surface area contributed by atoms with Crippen molar-refractivity contribution >= 4 is 23.3 Å². The quantitative estimate of drug-likeness (QED) is 0.530. The summed E-state index contributed by atoms with van der Waals surface area (Å²) < 4.78 is 16.0. The van der Waals surface area contributed by atoms with Gasteiger partial charge in [0.25, 0.3) is 0 Å². The summed E-state index contributed by atoms with van der Waals surface area (Å²) in [7, 11) is 0. The number of nitrogens with zero attached hydrogens (tertiary/aromatic N) is 4. The van der Waals surface area contributed by atoms with Crippen LogP contribution in [0, 0.1) is 5.82 Å². The van der Waals surface area contributed by atoms with Crippen LogP contribution in [0.3, 0.4) is 0 Å². The molecule has 1 saturated carbocycles. The van der Waals surface area contributed by atoms with E-state index in [4.69, 9.17) is 5.11 Å². The summed E-state index contributed by atoms with van der Waals surface area (Å²) in [5.41, 5.74) is 2.53. The molecule has 0 aliphatic heterocycles. The highest BCUT2D eigenvalue weighted by molar-refractivity contribution is 5.87. The van der Waals surface area contributed by atoms with E-state index in [1.54, 1.807) is 34.8 Å². The zero-order valence-electron chi connectivity index (χ0n) is 15.2. The Balaban J connectivity index is 1.61. The number of rotatable bonds is 5. The van der Waals surface area contributed by atoms with E-state index in [9.17, 15) is 9.18 Å². The van der Waals surface area contributed by atoms with Gasteiger partial charge >= 0.3 is 5.97 Å². The highest BCUT2D eigenvalue weighted by atomic mass is 19.1. The molecule has 0 saturated heterocycles. The molecule has 1 fully saturated rings. The molecule has 3 heterocycles. The highest BCUT2D eigenvalue weighted by Gasteiger charge is 2.27. The standard InChI is InChI=1S/C21H16FN5O2/c22-15-4-2-1-3-14(15)17-10-20(25-18-8-7-13(11-23-18)21(28)29)27-19(24-17)9-16(26-27)12-5-6-12/h1-4,7-12H,5-6H2,(H,23,25)(H,28,29). The molecule has 0 radical (unpaired) electrons. The van der Waals surface area contributed by atoms with Crippen LogP contribution in [0.15, 0.2) is 54.7 Å². The number of benzene rings is 1. The van der Waals surface area contributed by atoms with Crippen molar-refractivity contribution in [2.45, 2.75) is 18.8 Å². The van der Waals surface area contributed by atoms with Gasteiger partial charge in [-0.1, -0.05) is 12.1 Å². The number of anilines is 2. The second-order valence-corrected chi connectivity index (χ2v) is 6.98. The number of nitrogens with one attached hydrogen (secondary N) is 1. The first-order chi connectivity index (χ1) is 14.1. The van der Waals surface area contributed by atoms with Crippen molar-refractivity contribution in [1.29, 1.82) is 0 Å². The maximum atomic E-state index is 14.3. The van der Waals surface area contributed by atoms with Gasteiger partial charge in [0, 0.05) is 29.8 Å². The van der Waals surface area contributed by atoms with Crippen LogP contribution < -0.4 is 5.32 Å². The maximum absolute atomic E-state index is 14.3. The van der Waals surface area contributed by atoms with E-state index >= 15 is 0 Å². The zero-order valence-corrected chi connectivity index (χ0v) is 15.2. The van der Waals surface area contributed by atoms with Gasteiger partial charge < -0.3 is 10.4 Å². The van der Waals surface area contributed by atoms with Gasteiger partial charge in [0.15, 0.2) is 5.65 Å². The molecule has 1 aliphatic rings. The van der Waals surface area contributed by atoms with E-state index in [1.165, 1.54) is 18.3 Å². The van der Waals surface area contributed by atoms with Gasteiger partial charge in [0.05, 0.1) is 17.0 Å². The lowest BCUT2D eigenvalue weighted by Crippen LogP contribution is -2.05. The summed E-state index contributed by atoms with van der Waals surface area (Å²) in [5, 5.41) is 16.8. The van der Waals surface area contributed by atoms with Gasteiger partial charge in [-0.05, 0) is 37.1 Å². The Hall–Kier alpha value is -3.81. The van der Waals surface area contributed by atoms with Crippen LogP contribution in [-0.2, 0) is 0 Å². The molecule has 8 heteroatoms. The van der Waals surface area contributed by atoms with Crippen LogP contribution in [0.5, 0.6) is 0 Å². The summed E-state index contributed by atoms with van der Waals surface area (Å²) in [5.74, 6) is 0.0510. The van der Waals surface area contributed by atoms with Crippen LogP contribution in [0.2, 0.25) is 0 Å². The molecule has 4 aromatic rings. The molecule has 3 aromatic heterocycles. The van der Waals surface area contributed by atoms with Gasteiger partial charge in [-0.2, -0.15) is 9.61 Å². The second kappa shape index (κ2) is 6.66. The van der Waals surface area contributed by atoms with Gasteiger partial charge in [-0.25, -0.2) is 19.2 Å². The Morgan fingerprint density at radius 2 is 2.00 bits per heavy atom. The largest absolute Gasteiger partial charge is 0.478 e. The third-order valence-corrected chi connectivity index (χ3v) is 4.86. The maximum Gasteiger partial charge on any atom is 0.337 e. The predicted octanol–water partition coefficient (Wildman–Crippen LogP) is 4.25. The third kappa shape index (κ3) is 3.29. The minimum Gasteiger partial charge on any atom is -0.478 e. The zero-order chi connectivity index (χ0) is 20.0. The van der Waals surface area contributed by atoms with E-state index in [1.807, 2.05) is 6.07 Å². The number of hydrogen-bond donors (Lipinski definition) is 2. The summed E-state index contributed by atoms with van der Waals surface area (Å²) >= 11 is 0. The van der Waals surface area contributed by atoms with Crippen LogP contribution in [0.4, 0.5) is 16.0 Å². The Bertz CT molecular complexity index is 1230. The number of carboxylic acids is 1. The van der Waals surface area contributed by atoms with E-state index in [-0.39, 0.29) is 11.4 Å². The second-order valence-electron chi connectivity index (χ2n) is 6.98. The Morgan fingerprint density at radius 1 is 1.17 bits per heavy atom. The molecule has 0 spiro atoms. The van der Waals surface area contributed by atoms with Crippen LogP contribution in [0.1, 0.15) is 34.8 Å². The Kier molecular flexibility index (Phi) is 3.97. The molecular weight excluding hydrogens is 373 g/mol. The predicted molar refractivity (Wildman–Crippen MR) is 105 cm³/mol. The summed E-state index contributed by atoms with van der Waals surface area (Å²) in [6, 6.07) is 13.1. The van der Waals surface area contributed by atoms with Crippen LogP contribution >= 0.6 is 0 Å². The lowest BCUT2D eigenvalue weighted by Gasteiger charge is -2.11. The van der Waals surface area contributed by atoms with E-state index in [0.29, 0.717) is 34.5 Å². The fourth-order valence-corrected chi connectivity index (χ4v) is 3.19. The monoisotopic (exact) mass is 389 g/mol. The third-order valence-electron chi connectivity index (χ3n) is 4.86. The first-order valence-corrected chi connectivity index (χ1v) is 9.20. The topological polar surface area (TPSA) is 92.4 Å². The molecule has 29 heavy (non-hydrogen) atoms. The number of hydrogen-bond acceptors (Lipinski definition) is 5. The Labute approximate surface area is 164 Å².